The van der Waals surface area contributed by atoms with Gasteiger partial charge in [-0.25, -0.2) is 0 Å². The van der Waals surface area contributed by atoms with Gasteiger partial charge in [-0.1, -0.05) is 30.1 Å². The molecule has 2 aliphatic heterocycles. The Kier molecular flexibility index (Phi) is 5.26. The Labute approximate surface area is 160 Å². The van der Waals surface area contributed by atoms with Crippen LogP contribution in [0.3, 0.4) is 0 Å². The number of rotatable bonds is 4. The minimum atomic E-state index is 0.0547. The predicted molar refractivity (Wildman–Crippen MR) is 103 cm³/mol. The second kappa shape index (κ2) is 7.98. The number of morpholine rings is 1. The van der Waals surface area contributed by atoms with Gasteiger partial charge in [0.25, 0.3) is 0 Å². The van der Waals surface area contributed by atoms with Crippen molar-refractivity contribution in [3.8, 4) is 11.8 Å². The van der Waals surface area contributed by atoms with E-state index in [1.54, 1.807) is 6.08 Å². The standard InChI is InChI=1S/C22H24N2O3/c25-21(23-11-13-27-14-12-23)16-24-15-19(18-9-5-6-10-20(18)24)22(26)17-7-3-1-2-4-8-17/h5-6,8-9,15,20H,1,3,7,10-14,16H2. The highest BCUT2D eigenvalue weighted by Gasteiger charge is 2.35. The number of amides is 1. The zero-order valence-electron chi connectivity index (χ0n) is 15.4. The Bertz CT molecular complexity index is 816. The molecule has 0 aromatic heterocycles. The summed E-state index contributed by atoms with van der Waals surface area (Å²) in [6.07, 6.45) is 13.1. The van der Waals surface area contributed by atoms with Crippen molar-refractivity contribution in [1.82, 2.24) is 9.80 Å². The van der Waals surface area contributed by atoms with Crippen LogP contribution in [-0.4, -0.2) is 60.4 Å². The topological polar surface area (TPSA) is 49.9 Å². The van der Waals surface area contributed by atoms with Crippen molar-refractivity contribution in [3.05, 3.63) is 47.2 Å². The first-order valence-corrected chi connectivity index (χ1v) is 9.66. The lowest BCUT2D eigenvalue weighted by atomic mass is 9.90. The van der Waals surface area contributed by atoms with Gasteiger partial charge in [0.1, 0.15) is 0 Å². The van der Waals surface area contributed by atoms with Gasteiger partial charge in [-0.05, 0) is 30.9 Å². The summed E-state index contributed by atoms with van der Waals surface area (Å²) < 4.78 is 5.33. The summed E-state index contributed by atoms with van der Waals surface area (Å²) in [4.78, 5) is 29.7. The number of ether oxygens (including phenoxy) is 1. The molecule has 0 bridgehead atoms. The zero-order chi connectivity index (χ0) is 18.6. The summed E-state index contributed by atoms with van der Waals surface area (Å²) in [6.45, 7) is 2.77. The molecule has 1 saturated heterocycles. The number of carbonyl (C=O) groups is 2. The summed E-state index contributed by atoms with van der Waals surface area (Å²) in [5, 5.41) is 0. The van der Waals surface area contributed by atoms with Gasteiger partial charge >= 0.3 is 0 Å². The van der Waals surface area contributed by atoms with Gasteiger partial charge in [-0.3, -0.25) is 9.59 Å². The Balaban J connectivity index is 1.54. The third kappa shape index (κ3) is 3.77. The lowest BCUT2D eigenvalue weighted by Crippen LogP contribution is -2.46. The SMILES string of the molecule is O=C(C1=CC#CCCC1)C1=CN(CC(=O)N2CCOCC2)C2CC=CC=C12. The molecule has 0 aromatic rings. The molecule has 0 saturated carbocycles. The molecule has 140 valence electrons. The van der Waals surface area contributed by atoms with E-state index in [0.29, 0.717) is 38.4 Å². The first kappa shape index (κ1) is 17.8. The van der Waals surface area contributed by atoms with E-state index in [0.717, 1.165) is 36.8 Å². The number of fused-ring (bicyclic) bond motifs is 1. The van der Waals surface area contributed by atoms with E-state index in [9.17, 15) is 9.59 Å². The maximum Gasteiger partial charge on any atom is 0.242 e. The number of Topliss-reactive ketones (excluding diaryl/α,β-unsaturated/α-hetero) is 1. The van der Waals surface area contributed by atoms with Crippen LogP contribution in [0, 0.1) is 11.8 Å². The fourth-order valence-electron chi connectivity index (χ4n) is 3.95. The van der Waals surface area contributed by atoms with Gasteiger partial charge < -0.3 is 14.5 Å². The van der Waals surface area contributed by atoms with Gasteiger partial charge in [0.15, 0.2) is 5.78 Å². The normalized spacial score (nSPS) is 24.1. The van der Waals surface area contributed by atoms with Crippen LogP contribution in [0.5, 0.6) is 0 Å². The summed E-state index contributed by atoms with van der Waals surface area (Å²) >= 11 is 0. The van der Waals surface area contributed by atoms with Crippen molar-refractivity contribution in [2.45, 2.75) is 31.7 Å². The molecule has 1 amide bonds. The average molecular weight is 364 g/mol. The number of allylic oxidation sites excluding steroid dienone is 4. The van der Waals surface area contributed by atoms with Gasteiger partial charge in [0.2, 0.25) is 5.91 Å². The van der Waals surface area contributed by atoms with Crippen molar-refractivity contribution < 1.29 is 14.3 Å². The molecule has 2 heterocycles. The lowest BCUT2D eigenvalue weighted by molar-refractivity contribution is -0.136. The predicted octanol–water partition coefficient (Wildman–Crippen LogP) is 1.98. The lowest BCUT2D eigenvalue weighted by Gasteiger charge is -2.31. The third-order valence-corrected chi connectivity index (χ3v) is 5.45. The average Bonchev–Trinajstić information content (AvgIpc) is 2.88. The Hall–Kier alpha value is -2.58. The van der Waals surface area contributed by atoms with Crippen molar-refractivity contribution in [3.63, 3.8) is 0 Å². The summed E-state index contributed by atoms with van der Waals surface area (Å²) in [7, 11) is 0. The van der Waals surface area contributed by atoms with Crippen LogP contribution in [0.15, 0.2) is 47.2 Å². The van der Waals surface area contributed by atoms with E-state index in [1.807, 2.05) is 28.2 Å². The van der Waals surface area contributed by atoms with Crippen LogP contribution < -0.4 is 0 Å². The van der Waals surface area contributed by atoms with E-state index in [4.69, 9.17) is 4.74 Å². The summed E-state index contributed by atoms with van der Waals surface area (Å²) in [6, 6.07) is 0.0661. The van der Waals surface area contributed by atoms with E-state index in [1.165, 1.54) is 0 Å². The highest BCUT2D eigenvalue weighted by Crippen LogP contribution is 2.35. The molecule has 5 nitrogen and oxygen atoms in total. The van der Waals surface area contributed by atoms with Crippen LogP contribution in [-0.2, 0) is 14.3 Å². The number of hydrogen-bond donors (Lipinski definition) is 0. The van der Waals surface area contributed by atoms with Crippen molar-refractivity contribution in [1.29, 1.82) is 0 Å². The van der Waals surface area contributed by atoms with Crippen LogP contribution in [0.2, 0.25) is 0 Å². The quantitative estimate of drug-likeness (QED) is 0.716. The largest absolute Gasteiger partial charge is 0.378 e. The first-order chi connectivity index (χ1) is 13.2. The van der Waals surface area contributed by atoms with Crippen LogP contribution in [0.25, 0.3) is 0 Å². The first-order valence-electron chi connectivity index (χ1n) is 9.66. The molecule has 4 aliphatic rings. The monoisotopic (exact) mass is 364 g/mol. The fraction of sp³-hybridized carbons (Fsp3) is 0.455. The number of ketones is 1. The van der Waals surface area contributed by atoms with Crippen molar-refractivity contribution in [2.75, 3.05) is 32.8 Å². The highest BCUT2D eigenvalue weighted by molar-refractivity contribution is 6.12. The maximum absolute atomic E-state index is 13.1. The van der Waals surface area contributed by atoms with Gasteiger partial charge in [0, 0.05) is 36.9 Å². The maximum atomic E-state index is 13.1. The molecular formula is C22H24N2O3. The fourth-order valence-corrected chi connectivity index (χ4v) is 3.95. The van der Waals surface area contributed by atoms with Crippen LogP contribution in [0.4, 0.5) is 0 Å². The molecule has 27 heavy (non-hydrogen) atoms. The molecule has 1 fully saturated rings. The van der Waals surface area contributed by atoms with Crippen molar-refractivity contribution >= 4 is 11.7 Å². The van der Waals surface area contributed by atoms with Gasteiger partial charge in [-0.2, -0.15) is 0 Å². The minimum absolute atomic E-state index is 0.0547. The molecular weight excluding hydrogens is 340 g/mol. The van der Waals surface area contributed by atoms with E-state index in [2.05, 4.69) is 17.9 Å². The molecule has 0 radical (unpaired) electrons. The second-order valence-corrected chi connectivity index (χ2v) is 7.18. The van der Waals surface area contributed by atoms with E-state index in [-0.39, 0.29) is 17.7 Å². The van der Waals surface area contributed by atoms with Gasteiger partial charge in [0.05, 0.1) is 25.8 Å². The van der Waals surface area contributed by atoms with E-state index < -0.39 is 0 Å². The molecule has 2 aliphatic carbocycles. The Morgan fingerprint density at radius 3 is 2.96 bits per heavy atom. The molecule has 0 N–H and O–H groups in total. The van der Waals surface area contributed by atoms with Crippen LogP contribution >= 0.6 is 0 Å². The third-order valence-electron chi connectivity index (χ3n) is 5.45. The number of hydrogen-bond acceptors (Lipinski definition) is 4. The summed E-state index contributed by atoms with van der Waals surface area (Å²) in [5.41, 5.74) is 2.52. The number of carbonyl (C=O) groups excluding carboxylic acids is 2. The van der Waals surface area contributed by atoms with Gasteiger partial charge in [-0.15, -0.1) is 0 Å². The molecule has 0 spiro atoms. The number of nitrogens with zero attached hydrogens (tertiary/aromatic N) is 2. The van der Waals surface area contributed by atoms with Crippen molar-refractivity contribution in [2.24, 2.45) is 0 Å². The molecule has 1 atom stereocenters. The smallest absolute Gasteiger partial charge is 0.242 e. The minimum Gasteiger partial charge on any atom is -0.378 e. The molecule has 5 heteroatoms. The Morgan fingerprint density at radius 1 is 1.26 bits per heavy atom. The Morgan fingerprint density at radius 2 is 2.11 bits per heavy atom. The molecule has 4 rings (SSSR count). The highest BCUT2D eigenvalue weighted by atomic mass is 16.5. The second-order valence-electron chi connectivity index (χ2n) is 7.18. The summed E-state index contributed by atoms with van der Waals surface area (Å²) in [5.74, 6) is 6.18. The molecule has 0 aromatic carbocycles. The van der Waals surface area contributed by atoms with Crippen LogP contribution in [0.1, 0.15) is 25.7 Å². The zero-order valence-corrected chi connectivity index (χ0v) is 15.4. The molecule has 1 unspecified atom stereocenters. The van der Waals surface area contributed by atoms with E-state index >= 15 is 0 Å².